The number of carbonyl (C=O) groups excluding carboxylic acids is 2. The molecule has 2 aromatic rings. The number of aromatic nitrogens is 1. The Morgan fingerprint density at radius 3 is 2.50 bits per heavy atom. The Bertz CT molecular complexity index is 1270. The zero-order chi connectivity index (χ0) is 25.1. The van der Waals surface area contributed by atoms with Gasteiger partial charge in [0, 0.05) is 29.0 Å². The van der Waals surface area contributed by atoms with Gasteiger partial charge in [0.15, 0.2) is 0 Å². The number of ether oxygens (including phenoxy) is 1. The molecule has 0 spiro atoms. The molecule has 2 saturated carbocycles. The van der Waals surface area contributed by atoms with Gasteiger partial charge in [0.05, 0.1) is 24.0 Å². The third kappa shape index (κ3) is 3.63. The zero-order valence-corrected chi connectivity index (χ0v) is 21.5. The highest BCUT2D eigenvalue weighted by Crippen LogP contribution is 2.68. The molecule has 1 saturated heterocycles. The van der Waals surface area contributed by atoms with Crippen LogP contribution in [-0.4, -0.2) is 51.7 Å². The number of unbranched alkanes of at least 4 members (excludes halogenated alkanes) is 2. The smallest absolute Gasteiger partial charge is 0.305 e. The summed E-state index contributed by atoms with van der Waals surface area (Å²) >= 11 is 2.95. The van der Waals surface area contributed by atoms with E-state index < -0.39 is 5.97 Å². The number of imide groups is 1. The maximum Gasteiger partial charge on any atom is 0.305 e. The molecule has 2 aliphatic carbocycles. The van der Waals surface area contributed by atoms with E-state index in [1.165, 1.54) is 16.2 Å². The zero-order valence-electron chi connectivity index (χ0n) is 19.8. The number of carboxylic acids is 1. The van der Waals surface area contributed by atoms with Crippen LogP contribution in [-0.2, 0) is 14.4 Å². The number of thioether (sulfide) groups is 1. The molecule has 1 aromatic carbocycles. The van der Waals surface area contributed by atoms with Crippen LogP contribution in [0.5, 0.6) is 5.75 Å². The molecule has 3 fully saturated rings. The SMILES string of the molecule is COc1ccc([C@H]2c3sc(=O)[nH]c3S[C@@H]3[C@@H]4C[C@H]([C@H]5C(=O)N(CCCCCC(=O)O)C(=O)[C@H]45)[C@H]23)cc1. The van der Waals surface area contributed by atoms with Gasteiger partial charge in [-0.2, -0.15) is 0 Å². The Hall–Kier alpha value is -2.59. The number of hydrogen-bond acceptors (Lipinski definition) is 7. The molecule has 10 heteroatoms. The van der Waals surface area contributed by atoms with E-state index in [0.29, 0.717) is 25.8 Å². The van der Waals surface area contributed by atoms with E-state index in [4.69, 9.17) is 9.84 Å². The van der Waals surface area contributed by atoms with Crippen LogP contribution in [0, 0.1) is 29.6 Å². The maximum absolute atomic E-state index is 13.5. The van der Waals surface area contributed by atoms with Crippen molar-refractivity contribution in [3.63, 3.8) is 0 Å². The van der Waals surface area contributed by atoms with Gasteiger partial charge in [-0.15, -0.1) is 11.8 Å². The summed E-state index contributed by atoms with van der Waals surface area (Å²) in [6.07, 6.45) is 2.84. The Morgan fingerprint density at radius 2 is 1.81 bits per heavy atom. The average Bonchev–Trinajstić information content (AvgIpc) is 3.59. The number of hydrogen-bond donors (Lipinski definition) is 2. The number of benzene rings is 1. The Balaban J connectivity index is 1.28. The fourth-order valence-electron chi connectivity index (χ4n) is 7.21. The third-order valence-electron chi connectivity index (χ3n) is 8.56. The number of aliphatic carboxylic acids is 1. The van der Waals surface area contributed by atoms with E-state index in [9.17, 15) is 19.2 Å². The highest BCUT2D eigenvalue weighted by molar-refractivity contribution is 8.00. The molecule has 6 rings (SSSR count). The lowest BCUT2D eigenvalue weighted by Crippen LogP contribution is -2.42. The molecule has 0 unspecified atom stereocenters. The van der Waals surface area contributed by atoms with E-state index >= 15 is 0 Å². The quantitative estimate of drug-likeness (QED) is 0.397. The van der Waals surface area contributed by atoms with E-state index in [2.05, 4.69) is 17.1 Å². The minimum atomic E-state index is -0.823. The lowest BCUT2D eigenvalue weighted by Gasteiger charge is -2.43. The number of carbonyl (C=O) groups is 3. The Kier molecular flexibility index (Phi) is 5.99. The van der Waals surface area contributed by atoms with Crippen molar-refractivity contribution in [1.29, 1.82) is 0 Å². The maximum atomic E-state index is 13.5. The molecule has 2 bridgehead atoms. The number of thiazole rings is 1. The average molecular weight is 529 g/mol. The van der Waals surface area contributed by atoms with Crippen LogP contribution in [0.15, 0.2) is 34.1 Å². The summed E-state index contributed by atoms with van der Waals surface area (Å²) in [5, 5.41) is 9.91. The van der Waals surface area contributed by atoms with E-state index in [1.807, 2.05) is 12.1 Å². The summed E-state index contributed by atoms with van der Waals surface area (Å²) in [5.74, 6) is -0.335. The third-order valence-corrected chi connectivity index (χ3v) is 11.2. The predicted octanol–water partition coefficient (Wildman–Crippen LogP) is 3.56. The van der Waals surface area contributed by atoms with Crippen molar-refractivity contribution in [3.8, 4) is 5.75 Å². The summed E-state index contributed by atoms with van der Waals surface area (Å²) < 4.78 is 5.35. The first-order chi connectivity index (χ1) is 17.4. The molecule has 2 N–H and O–H groups in total. The van der Waals surface area contributed by atoms with Crippen LogP contribution in [0.25, 0.3) is 0 Å². The normalized spacial score (nSPS) is 31.9. The number of amides is 2. The number of fused-ring (bicyclic) bond motifs is 9. The van der Waals surface area contributed by atoms with Crippen molar-refractivity contribution in [1.82, 2.24) is 9.88 Å². The van der Waals surface area contributed by atoms with Gasteiger partial charge in [0.1, 0.15) is 5.75 Å². The molecule has 190 valence electrons. The van der Waals surface area contributed by atoms with Gasteiger partial charge in [0.2, 0.25) is 11.8 Å². The monoisotopic (exact) mass is 528 g/mol. The van der Waals surface area contributed by atoms with Crippen molar-refractivity contribution >= 4 is 40.9 Å². The Morgan fingerprint density at radius 1 is 1.08 bits per heavy atom. The molecule has 7 atom stereocenters. The topological polar surface area (TPSA) is 117 Å². The molecule has 8 nitrogen and oxygen atoms in total. The van der Waals surface area contributed by atoms with Crippen LogP contribution in [0.2, 0.25) is 0 Å². The number of methoxy groups -OCH3 is 1. The molecular formula is C26H28N2O6S2. The standard InChI is InChI=1S/C26H28N2O6S2/c1-34-13-8-6-12(7-9-13)17-18-14-11-15(21(18)35-23-22(17)36-26(33)27-23)20-19(14)24(31)28(25(20)32)10-4-2-3-5-16(29)30/h6-9,14-15,17-21H,2-5,10-11H2,1H3,(H,27,33)(H,29,30)/t14-,15+,17+,18+,19+,20+,21+/m0/s1. The molecule has 0 radical (unpaired) electrons. The number of nitrogens with one attached hydrogen (secondary N) is 1. The number of rotatable bonds is 8. The number of nitrogens with zero attached hydrogens (tertiary/aromatic N) is 1. The van der Waals surface area contributed by atoms with E-state index in [0.717, 1.165) is 27.6 Å². The minimum Gasteiger partial charge on any atom is -0.497 e. The first kappa shape index (κ1) is 23.8. The molecule has 2 aliphatic heterocycles. The number of carboxylic acid groups (broad SMARTS) is 1. The highest BCUT2D eigenvalue weighted by Gasteiger charge is 2.69. The van der Waals surface area contributed by atoms with Crippen LogP contribution in [0.4, 0.5) is 0 Å². The lowest BCUT2D eigenvalue weighted by molar-refractivity contribution is -0.141. The Labute approximate surface area is 216 Å². The van der Waals surface area contributed by atoms with Crippen molar-refractivity contribution < 1.29 is 24.2 Å². The van der Waals surface area contributed by atoms with Gasteiger partial charge < -0.3 is 14.8 Å². The largest absolute Gasteiger partial charge is 0.497 e. The number of H-pyrrole nitrogens is 1. The molecular weight excluding hydrogens is 500 g/mol. The second-order valence-corrected chi connectivity index (χ2v) is 12.5. The summed E-state index contributed by atoms with van der Waals surface area (Å²) in [5.41, 5.74) is 1.11. The van der Waals surface area contributed by atoms with Gasteiger partial charge in [-0.3, -0.25) is 24.1 Å². The second kappa shape index (κ2) is 9.06. The number of aromatic amines is 1. The second-order valence-electron chi connectivity index (χ2n) is 10.3. The molecule has 2 amide bonds. The highest BCUT2D eigenvalue weighted by atomic mass is 32.2. The van der Waals surface area contributed by atoms with Gasteiger partial charge in [-0.25, -0.2) is 0 Å². The van der Waals surface area contributed by atoms with Crippen molar-refractivity contribution in [2.45, 2.75) is 48.3 Å². The first-order valence-corrected chi connectivity index (χ1v) is 14.2. The molecule has 1 aromatic heterocycles. The number of likely N-dealkylation sites (tertiary alicyclic amines) is 1. The van der Waals surface area contributed by atoms with E-state index in [1.54, 1.807) is 18.9 Å². The van der Waals surface area contributed by atoms with Crippen LogP contribution < -0.4 is 9.61 Å². The summed E-state index contributed by atoms with van der Waals surface area (Å²) in [7, 11) is 1.63. The molecule has 4 aliphatic rings. The summed E-state index contributed by atoms with van der Waals surface area (Å²) in [6.45, 7) is 0.370. The van der Waals surface area contributed by atoms with Gasteiger partial charge in [0.25, 0.3) is 0 Å². The van der Waals surface area contributed by atoms with Crippen LogP contribution in [0.1, 0.15) is 48.5 Å². The lowest BCUT2D eigenvalue weighted by atomic mass is 9.68. The van der Waals surface area contributed by atoms with Crippen molar-refractivity contribution in [2.75, 3.05) is 13.7 Å². The van der Waals surface area contributed by atoms with Crippen molar-refractivity contribution in [2.24, 2.45) is 29.6 Å². The van der Waals surface area contributed by atoms with Gasteiger partial charge in [-0.05, 0) is 54.7 Å². The van der Waals surface area contributed by atoms with Gasteiger partial charge >= 0.3 is 10.8 Å². The predicted molar refractivity (Wildman–Crippen MR) is 134 cm³/mol. The summed E-state index contributed by atoms with van der Waals surface area (Å²) in [4.78, 5) is 55.5. The fourth-order valence-corrected chi connectivity index (χ4v) is 10.1. The van der Waals surface area contributed by atoms with Gasteiger partial charge in [-0.1, -0.05) is 29.9 Å². The van der Waals surface area contributed by atoms with Crippen LogP contribution in [0.3, 0.4) is 0 Å². The summed E-state index contributed by atoms with van der Waals surface area (Å²) in [6, 6.07) is 7.99. The van der Waals surface area contributed by atoms with Crippen LogP contribution >= 0.6 is 23.1 Å². The van der Waals surface area contributed by atoms with E-state index in [-0.39, 0.29) is 63.9 Å². The van der Waals surface area contributed by atoms with Crippen molar-refractivity contribution in [3.05, 3.63) is 44.4 Å². The minimum absolute atomic E-state index is 0.00465. The first-order valence-electron chi connectivity index (χ1n) is 12.5. The molecule has 3 heterocycles. The molecule has 36 heavy (non-hydrogen) atoms. The fraction of sp³-hybridized carbons (Fsp3) is 0.538.